The Morgan fingerprint density at radius 3 is 2.24 bits per heavy atom. The van der Waals surface area contributed by atoms with Crippen molar-refractivity contribution in [2.24, 2.45) is 0 Å². The van der Waals surface area contributed by atoms with Crippen LogP contribution in [-0.4, -0.2) is 31.2 Å². The van der Waals surface area contributed by atoms with E-state index in [1.807, 2.05) is 12.1 Å². The van der Waals surface area contributed by atoms with E-state index in [9.17, 15) is 14.7 Å². The van der Waals surface area contributed by atoms with E-state index in [1.165, 1.54) is 18.2 Å². The Morgan fingerprint density at radius 2 is 1.55 bits per heavy atom. The van der Waals surface area contributed by atoms with Crippen molar-refractivity contribution in [2.75, 3.05) is 19.5 Å². The molecular weight excluding hydrogens is 510 g/mol. The summed E-state index contributed by atoms with van der Waals surface area (Å²) in [6, 6.07) is 23.3. The van der Waals surface area contributed by atoms with Crippen molar-refractivity contribution in [3.63, 3.8) is 0 Å². The second-order valence-electron chi connectivity index (χ2n) is 8.00. The first-order chi connectivity index (χ1) is 18.4. The van der Waals surface area contributed by atoms with Crippen LogP contribution < -0.4 is 24.3 Å². The van der Waals surface area contributed by atoms with E-state index in [1.54, 1.807) is 68.8 Å². The lowest BCUT2D eigenvalue weighted by atomic mass is 10.1. The van der Waals surface area contributed by atoms with Crippen LogP contribution in [0.3, 0.4) is 0 Å². The summed E-state index contributed by atoms with van der Waals surface area (Å²) >= 11 is 6.37. The van der Waals surface area contributed by atoms with Gasteiger partial charge in [0.2, 0.25) is 0 Å². The molecule has 0 atom stereocenters. The summed E-state index contributed by atoms with van der Waals surface area (Å²) in [6.07, 6.45) is 0. The van der Waals surface area contributed by atoms with Crippen LogP contribution in [0.15, 0.2) is 84.9 Å². The molecule has 0 spiro atoms. The van der Waals surface area contributed by atoms with E-state index in [0.29, 0.717) is 28.7 Å². The highest BCUT2D eigenvalue weighted by molar-refractivity contribution is 6.32. The van der Waals surface area contributed by atoms with E-state index >= 15 is 0 Å². The molecule has 38 heavy (non-hydrogen) atoms. The van der Waals surface area contributed by atoms with E-state index < -0.39 is 11.9 Å². The average Bonchev–Trinajstić information content (AvgIpc) is 2.93. The molecule has 0 fully saturated rings. The Balaban J connectivity index is 1.45. The molecule has 194 valence electrons. The minimum Gasteiger partial charge on any atom is -0.493 e. The minimum atomic E-state index is -1.21. The molecule has 0 aliphatic rings. The quantitative estimate of drug-likeness (QED) is 0.234. The smallest absolute Gasteiger partial charge is 0.337 e. The number of aromatic carboxylic acids is 1. The van der Waals surface area contributed by atoms with E-state index in [-0.39, 0.29) is 28.4 Å². The summed E-state index contributed by atoms with van der Waals surface area (Å²) in [4.78, 5) is 24.7. The number of nitrogens with one attached hydrogen (secondary N) is 1. The van der Waals surface area contributed by atoms with E-state index in [2.05, 4.69) is 5.32 Å². The third-order valence-electron chi connectivity index (χ3n) is 5.48. The van der Waals surface area contributed by atoms with Crippen LogP contribution in [0, 0.1) is 0 Å². The van der Waals surface area contributed by atoms with Crippen molar-refractivity contribution in [1.29, 1.82) is 0 Å². The largest absolute Gasteiger partial charge is 0.493 e. The Morgan fingerprint density at radius 1 is 0.816 bits per heavy atom. The van der Waals surface area contributed by atoms with Gasteiger partial charge in [-0.1, -0.05) is 35.9 Å². The fraction of sp³-hybridized carbons (Fsp3) is 0.103. The van der Waals surface area contributed by atoms with Crippen molar-refractivity contribution in [1.82, 2.24) is 0 Å². The SMILES string of the molecule is COc1ccc(COc2ccc(C(=O)Nc3ccc(Oc4ccccc4)cc3C(=O)O)cc2Cl)cc1OC. The molecule has 0 aliphatic heterocycles. The molecule has 0 aromatic heterocycles. The number of carboxylic acid groups (broad SMARTS) is 1. The molecule has 9 heteroatoms. The molecule has 4 aromatic carbocycles. The lowest BCUT2D eigenvalue weighted by molar-refractivity contribution is 0.0697. The molecule has 1 amide bonds. The number of hydrogen-bond donors (Lipinski definition) is 2. The molecule has 0 heterocycles. The van der Waals surface area contributed by atoms with Crippen molar-refractivity contribution in [3.05, 3.63) is 107 Å². The van der Waals surface area contributed by atoms with Gasteiger partial charge in [-0.25, -0.2) is 4.79 Å². The maximum Gasteiger partial charge on any atom is 0.337 e. The molecular formula is C29H24ClNO7. The maximum absolute atomic E-state index is 12.9. The Kier molecular flexibility index (Phi) is 8.35. The predicted octanol–water partition coefficient (Wildman–Crippen LogP) is 6.68. The molecule has 0 saturated heterocycles. The van der Waals surface area contributed by atoms with Crippen LogP contribution in [-0.2, 0) is 6.61 Å². The lowest BCUT2D eigenvalue weighted by Crippen LogP contribution is -2.15. The molecule has 8 nitrogen and oxygen atoms in total. The van der Waals surface area contributed by atoms with Gasteiger partial charge in [-0.3, -0.25) is 4.79 Å². The van der Waals surface area contributed by atoms with Crippen LogP contribution in [0.1, 0.15) is 26.3 Å². The van der Waals surface area contributed by atoms with Gasteiger partial charge in [-0.2, -0.15) is 0 Å². The highest BCUT2D eigenvalue weighted by atomic mass is 35.5. The van der Waals surface area contributed by atoms with E-state index in [4.69, 9.17) is 30.5 Å². The number of carboxylic acids is 1. The van der Waals surface area contributed by atoms with Crippen LogP contribution >= 0.6 is 11.6 Å². The van der Waals surface area contributed by atoms with Gasteiger partial charge in [-0.15, -0.1) is 0 Å². The number of amides is 1. The van der Waals surface area contributed by atoms with Crippen LogP contribution in [0.4, 0.5) is 5.69 Å². The lowest BCUT2D eigenvalue weighted by Gasteiger charge is -2.13. The Labute approximate surface area is 224 Å². The predicted molar refractivity (Wildman–Crippen MR) is 143 cm³/mol. The number of anilines is 1. The number of halogens is 1. The van der Waals surface area contributed by atoms with Gasteiger partial charge in [0.15, 0.2) is 11.5 Å². The summed E-state index contributed by atoms with van der Waals surface area (Å²) < 4.78 is 22.1. The first-order valence-electron chi connectivity index (χ1n) is 11.4. The topological polar surface area (TPSA) is 103 Å². The first-order valence-corrected chi connectivity index (χ1v) is 11.8. The molecule has 4 rings (SSSR count). The number of carbonyl (C=O) groups is 2. The second kappa shape index (κ2) is 12.0. The number of rotatable bonds is 10. The van der Waals surface area contributed by atoms with Gasteiger partial charge >= 0.3 is 5.97 Å². The van der Waals surface area contributed by atoms with Crippen molar-refractivity contribution in [2.45, 2.75) is 6.61 Å². The molecule has 4 aromatic rings. The number of ether oxygens (including phenoxy) is 4. The molecule has 0 radical (unpaired) electrons. The highest BCUT2D eigenvalue weighted by Crippen LogP contribution is 2.31. The van der Waals surface area contributed by atoms with Crippen LogP contribution in [0.5, 0.6) is 28.7 Å². The monoisotopic (exact) mass is 533 g/mol. The molecule has 2 N–H and O–H groups in total. The fourth-order valence-electron chi connectivity index (χ4n) is 3.58. The number of benzene rings is 4. The Bertz CT molecular complexity index is 1460. The number of carbonyl (C=O) groups excluding carboxylic acids is 1. The number of hydrogen-bond acceptors (Lipinski definition) is 6. The van der Waals surface area contributed by atoms with Gasteiger partial charge in [-0.05, 0) is 66.2 Å². The van der Waals surface area contributed by atoms with Gasteiger partial charge < -0.3 is 29.4 Å². The van der Waals surface area contributed by atoms with Gasteiger partial charge in [0.05, 0.1) is 30.5 Å². The molecule has 0 unspecified atom stereocenters. The summed E-state index contributed by atoms with van der Waals surface area (Å²) in [5.41, 5.74) is 1.07. The molecule has 0 bridgehead atoms. The fourth-order valence-corrected chi connectivity index (χ4v) is 3.82. The Hall–Kier alpha value is -4.69. The average molecular weight is 534 g/mol. The highest BCUT2D eigenvalue weighted by Gasteiger charge is 2.17. The van der Waals surface area contributed by atoms with Gasteiger partial charge in [0.1, 0.15) is 23.9 Å². The van der Waals surface area contributed by atoms with E-state index in [0.717, 1.165) is 5.56 Å². The van der Waals surface area contributed by atoms with Crippen molar-refractivity contribution < 1.29 is 33.6 Å². The van der Waals surface area contributed by atoms with Crippen LogP contribution in [0.2, 0.25) is 5.02 Å². The first kappa shape index (κ1) is 26.4. The summed E-state index contributed by atoms with van der Waals surface area (Å²) in [5.74, 6) is 0.704. The van der Waals surface area contributed by atoms with Crippen LogP contribution in [0.25, 0.3) is 0 Å². The minimum absolute atomic E-state index is 0.118. The summed E-state index contributed by atoms with van der Waals surface area (Å²) in [6.45, 7) is 0.213. The summed E-state index contributed by atoms with van der Waals surface area (Å²) in [7, 11) is 3.11. The molecule has 0 saturated carbocycles. The zero-order valence-electron chi connectivity index (χ0n) is 20.6. The zero-order valence-corrected chi connectivity index (χ0v) is 21.3. The standard InChI is InChI=1S/C29H24ClNO7/c1-35-26-12-8-18(14-27(26)36-2)17-37-25-13-9-19(15-23(25)30)28(32)31-24-11-10-21(16-22(24)29(33)34)38-20-6-4-3-5-7-20/h3-16H,17H2,1-2H3,(H,31,32)(H,33,34). The van der Waals surface area contributed by atoms with Crippen molar-refractivity contribution >= 4 is 29.2 Å². The van der Waals surface area contributed by atoms with Gasteiger partial charge in [0, 0.05) is 5.56 Å². The third kappa shape index (κ3) is 6.35. The number of methoxy groups -OCH3 is 2. The maximum atomic E-state index is 12.9. The van der Waals surface area contributed by atoms with Crippen molar-refractivity contribution in [3.8, 4) is 28.7 Å². The number of para-hydroxylation sites is 1. The summed E-state index contributed by atoms with van der Waals surface area (Å²) in [5, 5.41) is 12.5. The zero-order chi connectivity index (χ0) is 27.1. The normalized spacial score (nSPS) is 10.4. The third-order valence-corrected chi connectivity index (χ3v) is 5.78. The second-order valence-corrected chi connectivity index (χ2v) is 8.41. The molecule has 0 aliphatic carbocycles. The van der Waals surface area contributed by atoms with Gasteiger partial charge in [0.25, 0.3) is 5.91 Å².